The first-order valence-electron chi connectivity index (χ1n) is 11.4. The van der Waals surface area contributed by atoms with Gasteiger partial charge in [-0.25, -0.2) is 0 Å². The molecule has 5 nitrogen and oxygen atoms in total. The Balaban J connectivity index is 1.20. The number of aromatic amines is 2. The van der Waals surface area contributed by atoms with E-state index in [0.29, 0.717) is 16.5 Å². The number of rotatable bonds is 4. The largest absolute Gasteiger partial charge is 0.361 e. The molecule has 168 valence electrons. The Hall–Kier alpha value is -2.76. The number of aryl methyl sites for hydroxylation is 1. The summed E-state index contributed by atoms with van der Waals surface area (Å²) in [7, 11) is 0. The normalized spacial score (nSPS) is 20.5. The Morgan fingerprint density at radius 2 is 1.91 bits per heavy atom. The van der Waals surface area contributed by atoms with Gasteiger partial charge in [0.2, 0.25) is 5.91 Å². The minimum absolute atomic E-state index is 0.0761. The van der Waals surface area contributed by atoms with Crippen LogP contribution in [0.3, 0.4) is 0 Å². The monoisotopic (exact) mass is 478 g/mol. The summed E-state index contributed by atoms with van der Waals surface area (Å²) in [4.78, 5) is 18.6. The number of likely N-dealkylation sites (tertiary alicyclic amines) is 1. The van der Waals surface area contributed by atoms with E-state index in [0.717, 1.165) is 65.5 Å². The van der Waals surface area contributed by atoms with Gasteiger partial charge in [0, 0.05) is 46.5 Å². The summed E-state index contributed by atoms with van der Waals surface area (Å²) in [6.07, 6.45) is 8.09. The molecule has 0 radical (unpaired) electrons. The quantitative estimate of drug-likeness (QED) is 0.388. The van der Waals surface area contributed by atoms with Gasteiger partial charge in [0.1, 0.15) is 0 Å². The molecule has 1 aliphatic carbocycles. The van der Waals surface area contributed by atoms with Crippen molar-refractivity contribution < 1.29 is 4.79 Å². The third-order valence-electron chi connectivity index (χ3n) is 7.25. The van der Waals surface area contributed by atoms with E-state index in [2.05, 4.69) is 38.3 Å². The van der Waals surface area contributed by atoms with Gasteiger partial charge in [-0.3, -0.25) is 9.89 Å². The molecule has 1 amide bonds. The van der Waals surface area contributed by atoms with Crippen molar-refractivity contribution in [3.63, 3.8) is 0 Å². The number of carbonyl (C=O) groups is 1. The molecule has 7 heteroatoms. The SMILES string of the molecule is O=C1[C@H](Cc2c(Cl)cc(-c3ccc4[nH]ccc4c3)cc2Cl)CCN1[C@H]1CCc2n[nH]cc2C1. The fourth-order valence-corrected chi connectivity index (χ4v) is 6.06. The van der Waals surface area contributed by atoms with E-state index in [4.69, 9.17) is 23.2 Å². The van der Waals surface area contributed by atoms with Gasteiger partial charge in [0.05, 0.1) is 5.69 Å². The van der Waals surface area contributed by atoms with Crippen LogP contribution in [-0.4, -0.2) is 38.6 Å². The Labute approximate surface area is 202 Å². The molecule has 1 aliphatic heterocycles. The highest BCUT2D eigenvalue weighted by Crippen LogP contribution is 2.37. The molecular formula is C26H24Cl2N4O. The number of halogens is 2. The van der Waals surface area contributed by atoms with E-state index >= 15 is 0 Å². The van der Waals surface area contributed by atoms with Crippen LogP contribution in [0.4, 0.5) is 0 Å². The zero-order chi connectivity index (χ0) is 22.5. The number of nitrogens with one attached hydrogen (secondary N) is 2. The van der Waals surface area contributed by atoms with E-state index < -0.39 is 0 Å². The van der Waals surface area contributed by atoms with Crippen LogP contribution in [0.25, 0.3) is 22.0 Å². The van der Waals surface area contributed by atoms with Gasteiger partial charge in [0.15, 0.2) is 0 Å². The van der Waals surface area contributed by atoms with Crippen molar-refractivity contribution in [1.82, 2.24) is 20.1 Å². The lowest BCUT2D eigenvalue weighted by Gasteiger charge is -2.31. The standard InChI is InChI=1S/C26H24Cl2N4O/c27-22-12-18(15-1-3-24-16(9-15)5-7-29-24)13-23(28)21(22)11-17-6-8-32(26(17)33)20-2-4-25-19(10-20)14-30-31-25/h1,3,5,7,9,12-14,17,20,29H,2,4,6,8,10-11H2,(H,30,31)/t17-,20-/m0/s1. The van der Waals surface area contributed by atoms with Crippen LogP contribution in [0.1, 0.15) is 29.7 Å². The van der Waals surface area contributed by atoms with Crippen molar-refractivity contribution >= 4 is 40.0 Å². The van der Waals surface area contributed by atoms with Gasteiger partial charge in [-0.15, -0.1) is 0 Å². The van der Waals surface area contributed by atoms with Gasteiger partial charge < -0.3 is 9.88 Å². The van der Waals surface area contributed by atoms with Gasteiger partial charge in [-0.05, 0) is 90.1 Å². The zero-order valence-corrected chi connectivity index (χ0v) is 19.6. The number of amides is 1. The Kier molecular flexibility index (Phi) is 5.19. The predicted octanol–water partition coefficient (Wildman–Crippen LogP) is 5.81. The average molecular weight is 479 g/mol. The molecule has 0 saturated carbocycles. The van der Waals surface area contributed by atoms with E-state index in [1.54, 1.807) is 0 Å². The van der Waals surface area contributed by atoms with E-state index in [1.165, 1.54) is 5.56 Å². The Morgan fingerprint density at radius 3 is 2.76 bits per heavy atom. The molecule has 0 spiro atoms. The summed E-state index contributed by atoms with van der Waals surface area (Å²) in [6.45, 7) is 0.797. The highest BCUT2D eigenvalue weighted by molar-refractivity contribution is 6.36. The first-order chi connectivity index (χ1) is 16.1. The summed E-state index contributed by atoms with van der Waals surface area (Å²) in [5.74, 6) is 0.147. The molecule has 33 heavy (non-hydrogen) atoms. The number of aromatic nitrogens is 3. The summed E-state index contributed by atoms with van der Waals surface area (Å²) in [5, 5.41) is 9.66. The second-order valence-electron chi connectivity index (χ2n) is 9.17. The lowest BCUT2D eigenvalue weighted by molar-refractivity contribution is -0.133. The molecule has 2 N–H and O–H groups in total. The molecular weight excluding hydrogens is 455 g/mol. The van der Waals surface area contributed by atoms with E-state index in [1.807, 2.05) is 30.6 Å². The van der Waals surface area contributed by atoms with Gasteiger partial charge in [-0.1, -0.05) is 29.3 Å². The van der Waals surface area contributed by atoms with Crippen molar-refractivity contribution in [3.8, 4) is 11.1 Å². The van der Waals surface area contributed by atoms with Gasteiger partial charge in [-0.2, -0.15) is 5.10 Å². The predicted molar refractivity (Wildman–Crippen MR) is 132 cm³/mol. The molecule has 0 unspecified atom stereocenters. The molecule has 2 aliphatic rings. The highest BCUT2D eigenvalue weighted by Gasteiger charge is 2.38. The molecule has 1 fully saturated rings. The summed E-state index contributed by atoms with van der Waals surface area (Å²) >= 11 is 13.4. The van der Waals surface area contributed by atoms with Crippen molar-refractivity contribution in [2.75, 3.05) is 6.54 Å². The van der Waals surface area contributed by atoms with Crippen LogP contribution < -0.4 is 0 Å². The third-order valence-corrected chi connectivity index (χ3v) is 7.92. The number of H-pyrrole nitrogens is 2. The summed E-state index contributed by atoms with van der Waals surface area (Å²) in [6, 6.07) is 12.5. The maximum atomic E-state index is 13.3. The lowest BCUT2D eigenvalue weighted by atomic mass is 9.92. The maximum absolute atomic E-state index is 13.3. The Bertz CT molecular complexity index is 1330. The molecule has 4 aromatic rings. The Morgan fingerprint density at radius 1 is 1.06 bits per heavy atom. The molecule has 2 aromatic carbocycles. The molecule has 2 aromatic heterocycles. The lowest BCUT2D eigenvalue weighted by Crippen LogP contribution is -2.41. The minimum atomic E-state index is -0.0761. The molecule has 2 atom stereocenters. The third kappa shape index (κ3) is 3.73. The second-order valence-corrected chi connectivity index (χ2v) is 9.99. The van der Waals surface area contributed by atoms with Crippen molar-refractivity contribution in [2.24, 2.45) is 5.92 Å². The maximum Gasteiger partial charge on any atom is 0.226 e. The number of carbonyl (C=O) groups excluding carboxylic acids is 1. The second kappa shape index (κ2) is 8.23. The topological polar surface area (TPSA) is 64.8 Å². The van der Waals surface area contributed by atoms with Crippen LogP contribution in [0.15, 0.2) is 48.8 Å². The van der Waals surface area contributed by atoms with Crippen LogP contribution >= 0.6 is 23.2 Å². The minimum Gasteiger partial charge on any atom is -0.361 e. The number of hydrogen-bond acceptors (Lipinski definition) is 2. The fraction of sp³-hybridized carbons (Fsp3) is 0.308. The van der Waals surface area contributed by atoms with Crippen LogP contribution in [0.5, 0.6) is 0 Å². The highest BCUT2D eigenvalue weighted by atomic mass is 35.5. The van der Waals surface area contributed by atoms with Crippen LogP contribution in [0, 0.1) is 5.92 Å². The number of nitrogens with zero attached hydrogens (tertiary/aromatic N) is 2. The summed E-state index contributed by atoms with van der Waals surface area (Å²) < 4.78 is 0. The number of benzene rings is 2. The van der Waals surface area contributed by atoms with Crippen LogP contribution in [0.2, 0.25) is 10.0 Å². The molecule has 1 saturated heterocycles. The molecule has 6 rings (SSSR count). The fourth-order valence-electron chi connectivity index (χ4n) is 5.42. The van der Waals surface area contributed by atoms with Gasteiger partial charge >= 0.3 is 0 Å². The average Bonchev–Trinajstić information content (AvgIpc) is 3.55. The number of hydrogen-bond donors (Lipinski definition) is 2. The first-order valence-corrected chi connectivity index (χ1v) is 12.2. The van der Waals surface area contributed by atoms with Crippen molar-refractivity contribution in [3.05, 3.63) is 75.7 Å². The molecule has 0 bridgehead atoms. The van der Waals surface area contributed by atoms with E-state index in [9.17, 15) is 4.79 Å². The van der Waals surface area contributed by atoms with E-state index in [-0.39, 0.29) is 17.9 Å². The zero-order valence-electron chi connectivity index (χ0n) is 18.1. The smallest absolute Gasteiger partial charge is 0.226 e. The van der Waals surface area contributed by atoms with Gasteiger partial charge in [0.25, 0.3) is 0 Å². The number of fused-ring (bicyclic) bond motifs is 2. The van der Waals surface area contributed by atoms with Crippen molar-refractivity contribution in [1.29, 1.82) is 0 Å². The first kappa shape index (κ1) is 20.8. The van der Waals surface area contributed by atoms with Crippen LogP contribution in [-0.2, 0) is 24.1 Å². The van der Waals surface area contributed by atoms with Crippen molar-refractivity contribution in [2.45, 2.75) is 38.1 Å². The molecule has 3 heterocycles. The summed E-state index contributed by atoms with van der Waals surface area (Å²) in [5.41, 5.74) is 6.39.